The van der Waals surface area contributed by atoms with Crippen LogP contribution in [0.25, 0.3) is 11.4 Å². The molecule has 168 valence electrons. The molecule has 8 nitrogen and oxygen atoms in total. The molecular formula is C24H30N6O2. The maximum absolute atomic E-state index is 6.15. The van der Waals surface area contributed by atoms with Crippen molar-refractivity contribution in [2.75, 3.05) is 26.9 Å². The number of hydrogen-bond donors (Lipinski definition) is 3. The van der Waals surface area contributed by atoms with Crippen molar-refractivity contribution in [3.8, 4) is 17.1 Å². The van der Waals surface area contributed by atoms with E-state index in [1.165, 1.54) is 11.9 Å². The van der Waals surface area contributed by atoms with Crippen molar-refractivity contribution in [2.24, 2.45) is 10.9 Å². The van der Waals surface area contributed by atoms with E-state index in [2.05, 4.69) is 68.1 Å². The molecule has 0 radical (unpaired) electrons. The number of aromatic nitrogens is 3. The normalized spacial score (nSPS) is 16.2. The van der Waals surface area contributed by atoms with Gasteiger partial charge in [0.25, 0.3) is 0 Å². The highest BCUT2D eigenvalue weighted by molar-refractivity contribution is 5.79. The molecule has 3 N–H and O–H groups in total. The van der Waals surface area contributed by atoms with E-state index in [1.807, 2.05) is 12.1 Å². The zero-order valence-corrected chi connectivity index (χ0v) is 18.6. The summed E-state index contributed by atoms with van der Waals surface area (Å²) in [5.41, 5.74) is 4.41. The van der Waals surface area contributed by atoms with Crippen LogP contribution < -0.4 is 15.4 Å². The summed E-state index contributed by atoms with van der Waals surface area (Å²) < 4.78 is 11.6. The van der Waals surface area contributed by atoms with Gasteiger partial charge in [-0.3, -0.25) is 10.1 Å². The van der Waals surface area contributed by atoms with Crippen LogP contribution in [-0.2, 0) is 17.8 Å². The first-order valence-electron chi connectivity index (χ1n) is 10.9. The molecule has 1 atom stereocenters. The van der Waals surface area contributed by atoms with E-state index >= 15 is 0 Å². The molecule has 32 heavy (non-hydrogen) atoms. The van der Waals surface area contributed by atoms with Crippen molar-refractivity contribution in [3.63, 3.8) is 0 Å². The smallest absolute Gasteiger partial charge is 0.191 e. The molecule has 8 heteroatoms. The second-order valence-electron chi connectivity index (χ2n) is 7.97. The average Bonchev–Trinajstić information content (AvgIpc) is 3.53. The Kier molecular flexibility index (Phi) is 7.34. The molecule has 1 fully saturated rings. The third-order valence-electron chi connectivity index (χ3n) is 5.47. The van der Waals surface area contributed by atoms with Gasteiger partial charge in [-0.15, -0.1) is 0 Å². The number of ether oxygens (including phenoxy) is 2. The van der Waals surface area contributed by atoms with Crippen LogP contribution in [0.2, 0.25) is 0 Å². The largest absolute Gasteiger partial charge is 0.493 e. The molecule has 0 bridgehead atoms. The summed E-state index contributed by atoms with van der Waals surface area (Å²) in [5, 5.41) is 13.6. The van der Waals surface area contributed by atoms with Crippen molar-refractivity contribution < 1.29 is 9.47 Å². The highest BCUT2D eigenvalue weighted by Gasteiger charge is 2.17. The molecule has 1 unspecified atom stereocenters. The lowest BCUT2D eigenvalue weighted by molar-refractivity contribution is 0.166. The van der Waals surface area contributed by atoms with E-state index < -0.39 is 0 Å². The molecule has 0 aliphatic carbocycles. The fraction of sp³-hybridized carbons (Fsp3) is 0.375. The van der Waals surface area contributed by atoms with E-state index in [0.29, 0.717) is 25.6 Å². The van der Waals surface area contributed by atoms with Crippen LogP contribution in [0.5, 0.6) is 5.75 Å². The highest BCUT2D eigenvalue weighted by Crippen LogP contribution is 2.22. The fourth-order valence-electron chi connectivity index (χ4n) is 3.62. The van der Waals surface area contributed by atoms with Gasteiger partial charge in [-0.2, -0.15) is 5.10 Å². The molecule has 1 aromatic heterocycles. The van der Waals surface area contributed by atoms with Crippen LogP contribution in [0.1, 0.15) is 23.1 Å². The Hall–Kier alpha value is -3.39. The van der Waals surface area contributed by atoms with Gasteiger partial charge in [0, 0.05) is 43.8 Å². The number of aliphatic imine (C=N–C) groups is 1. The van der Waals surface area contributed by atoms with Gasteiger partial charge in [0.05, 0.1) is 13.2 Å². The minimum Gasteiger partial charge on any atom is -0.493 e. The number of aromatic amines is 1. The standard InChI is InChI=1S/C24H30N6O2/c1-17-6-7-21(22(10-17)32-15-19-8-9-31-14-19)13-27-24(25-2)26-12-18-4-3-5-20(11-18)23-28-16-29-30-23/h3-7,10-11,16,19H,8-9,12-15H2,1-2H3,(H2,25,26,27)(H,28,29,30). The summed E-state index contributed by atoms with van der Waals surface area (Å²) in [5.74, 6) is 2.87. The first-order chi connectivity index (χ1) is 15.7. The molecule has 4 rings (SSSR count). The molecule has 1 saturated heterocycles. The molecule has 2 heterocycles. The fourth-order valence-corrected chi connectivity index (χ4v) is 3.62. The van der Waals surface area contributed by atoms with Gasteiger partial charge >= 0.3 is 0 Å². The van der Waals surface area contributed by atoms with Gasteiger partial charge in [-0.05, 0) is 36.6 Å². The Morgan fingerprint density at radius 3 is 2.91 bits per heavy atom. The number of nitrogens with one attached hydrogen (secondary N) is 3. The quantitative estimate of drug-likeness (QED) is 0.373. The second kappa shape index (κ2) is 10.8. The van der Waals surface area contributed by atoms with Crippen LogP contribution in [0.15, 0.2) is 53.8 Å². The maximum atomic E-state index is 6.15. The lowest BCUT2D eigenvalue weighted by Gasteiger charge is -2.17. The predicted octanol–water partition coefficient (Wildman–Crippen LogP) is 3.06. The van der Waals surface area contributed by atoms with Crippen LogP contribution >= 0.6 is 0 Å². The number of rotatable bonds is 8. The van der Waals surface area contributed by atoms with E-state index in [4.69, 9.17) is 9.47 Å². The Morgan fingerprint density at radius 1 is 1.22 bits per heavy atom. The number of benzene rings is 2. The van der Waals surface area contributed by atoms with E-state index in [-0.39, 0.29) is 0 Å². The maximum Gasteiger partial charge on any atom is 0.191 e. The monoisotopic (exact) mass is 434 g/mol. The van der Waals surface area contributed by atoms with Gasteiger partial charge in [-0.25, -0.2) is 4.98 Å². The van der Waals surface area contributed by atoms with Gasteiger partial charge in [0.1, 0.15) is 12.1 Å². The Morgan fingerprint density at radius 2 is 2.12 bits per heavy atom. The molecule has 1 aliphatic heterocycles. The van der Waals surface area contributed by atoms with Gasteiger partial charge < -0.3 is 20.1 Å². The Labute approximate surface area is 188 Å². The van der Waals surface area contributed by atoms with E-state index in [9.17, 15) is 0 Å². The number of H-pyrrole nitrogens is 1. The topological polar surface area (TPSA) is 96.5 Å². The van der Waals surface area contributed by atoms with Crippen LogP contribution in [0.3, 0.4) is 0 Å². The number of nitrogens with zero attached hydrogens (tertiary/aromatic N) is 3. The van der Waals surface area contributed by atoms with Crippen molar-refractivity contribution >= 4 is 5.96 Å². The average molecular weight is 435 g/mol. The number of aryl methyl sites for hydroxylation is 1. The summed E-state index contributed by atoms with van der Waals surface area (Å²) in [4.78, 5) is 8.57. The summed E-state index contributed by atoms with van der Waals surface area (Å²) in [6.07, 6.45) is 2.57. The van der Waals surface area contributed by atoms with Crippen molar-refractivity contribution in [3.05, 3.63) is 65.5 Å². The third-order valence-corrected chi connectivity index (χ3v) is 5.47. The summed E-state index contributed by atoms with van der Waals surface area (Å²) in [6, 6.07) is 14.5. The zero-order chi connectivity index (χ0) is 22.2. The third kappa shape index (κ3) is 5.85. The molecule has 3 aromatic rings. The lowest BCUT2D eigenvalue weighted by Crippen LogP contribution is -2.36. The lowest BCUT2D eigenvalue weighted by atomic mass is 10.1. The molecule has 2 aromatic carbocycles. The van der Waals surface area contributed by atoms with E-state index in [0.717, 1.165) is 53.9 Å². The van der Waals surface area contributed by atoms with Crippen molar-refractivity contribution in [1.82, 2.24) is 25.8 Å². The minimum absolute atomic E-state index is 0.471. The van der Waals surface area contributed by atoms with Crippen LogP contribution in [0, 0.1) is 12.8 Å². The summed E-state index contributed by atoms with van der Waals surface area (Å²) in [7, 11) is 1.77. The first kappa shape index (κ1) is 21.8. The highest BCUT2D eigenvalue weighted by atomic mass is 16.5. The minimum atomic E-state index is 0.471. The van der Waals surface area contributed by atoms with Crippen LogP contribution in [-0.4, -0.2) is 48.0 Å². The summed E-state index contributed by atoms with van der Waals surface area (Å²) >= 11 is 0. The Balaban J connectivity index is 1.33. The second-order valence-corrected chi connectivity index (χ2v) is 7.97. The first-order valence-corrected chi connectivity index (χ1v) is 10.9. The van der Waals surface area contributed by atoms with E-state index in [1.54, 1.807) is 7.05 Å². The molecule has 0 amide bonds. The SMILES string of the molecule is CN=C(NCc1cccc(-c2ncn[nH]2)c1)NCc1ccc(C)cc1OCC1CCOC1. The predicted molar refractivity (Wildman–Crippen MR) is 124 cm³/mol. The van der Waals surface area contributed by atoms with Gasteiger partial charge in [0.2, 0.25) is 0 Å². The molecular weight excluding hydrogens is 404 g/mol. The zero-order valence-electron chi connectivity index (χ0n) is 18.6. The number of guanidine groups is 1. The number of hydrogen-bond acceptors (Lipinski definition) is 5. The molecule has 0 saturated carbocycles. The molecule has 0 spiro atoms. The summed E-state index contributed by atoms with van der Waals surface area (Å²) in [6.45, 7) is 5.64. The Bertz CT molecular complexity index is 1030. The van der Waals surface area contributed by atoms with Gasteiger partial charge in [-0.1, -0.05) is 30.3 Å². The van der Waals surface area contributed by atoms with Crippen molar-refractivity contribution in [1.29, 1.82) is 0 Å². The van der Waals surface area contributed by atoms with Crippen LogP contribution in [0.4, 0.5) is 0 Å². The van der Waals surface area contributed by atoms with Gasteiger partial charge in [0.15, 0.2) is 11.8 Å². The van der Waals surface area contributed by atoms with Crippen molar-refractivity contribution in [2.45, 2.75) is 26.4 Å². The molecule has 1 aliphatic rings.